The van der Waals surface area contributed by atoms with Crippen molar-refractivity contribution in [2.24, 2.45) is 0 Å². The van der Waals surface area contributed by atoms with Crippen LogP contribution in [0.2, 0.25) is 0 Å². The molecule has 0 atom stereocenters. The number of hydrogen-bond donors (Lipinski definition) is 2. The summed E-state index contributed by atoms with van der Waals surface area (Å²) in [5.41, 5.74) is 5.62. The van der Waals surface area contributed by atoms with Crippen LogP contribution in [0.1, 0.15) is 16.1 Å². The largest absolute Gasteiger partial charge is 0.290 e. The molecule has 1 aromatic heterocycles. The van der Waals surface area contributed by atoms with E-state index in [1.54, 1.807) is 6.07 Å². The smallest absolute Gasteiger partial charge is 0.273 e. The molecule has 8 heteroatoms. The van der Waals surface area contributed by atoms with Gasteiger partial charge < -0.3 is 0 Å². The highest BCUT2D eigenvalue weighted by Gasteiger charge is 2.12. The average molecular weight is 356 g/mol. The van der Waals surface area contributed by atoms with Crippen molar-refractivity contribution in [1.29, 1.82) is 0 Å². The van der Waals surface area contributed by atoms with Gasteiger partial charge >= 0.3 is 0 Å². The van der Waals surface area contributed by atoms with E-state index in [1.165, 1.54) is 59.4 Å². The molecule has 0 spiro atoms. The van der Waals surface area contributed by atoms with Gasteiger partial charge in [-0.25, -0.2) is 13.5 Å². The minimum absolute atomic E-state index is 0.0156. The molecule has 0 radical (unpaired) electrons. The Labute approximate surface area is 147 Å². The minimum Gasteiger partial charge on any atom is -0.273 e. The Hall–Kier alpha value is -3.55. The van der Waals surface area contributed by atoms with Gasteiger partial charge in [-0.2, -0.15) is 5.10 Å². The van der Waals surface area contributed by atoms with Crippen molar-refractivity contribution < 1.29 is 18.4 Å². The normalized spacial score (nSPS) is 10.4. The number of nitrogens with zero attached hydrogens (tertiary/aromatic N) is 2. The summed E-state index contributed by atoms with van der Waals surface area (Å²) in [6.45, 7) is 0. The van der Waals surface area contributed by atoms with Crippen LogP contribution in [0, 0.1) is 11.6 Å². The van der Waals surface area contributed by atoms with E-state index in [2.05, 4.69) is 16.0 Å². The summed E-state index contributed by atoms with van der Waals surface area (Å²) in [6.07, 6.45) is 1.49. The van der Waals surface area contributed by atoms with Crippen molar-refractivity contribution in [2.45, 2.75) is 6.42 Å². The molecule has 0 bridgehead atoms. The third kappa shape index (κ3) is 4.29. The third-order valence-corrected chi connectivity index (χ3v) is 3.49. The number of rotatable bonds is 4. The molecule has 0 aliphatic heterocycles. The van der Waals surface area contributed by atoms with E-state index >= 15 is 0 Å². The topological polar surface area (TPSA) is 76.0 Å². The molecule has 0 unspecified atom stereocenters. The zero-order chi connectivity index (χ0) is 18.5. The van der Waals surface area contributed by atoms with Crippen molar-refractivity contribution in [2.75, 3.05) is 0 Å². The molecule has 3 rings (SSSR count). The monoisotopic (exact) mass is 356 g/mol. The molecule has 132 valence electrons. The highest BCUT2D eigenvalue weighted by atomic mass is 19.1. The lowest BCUT2D eigenvalue weighted by Crippen LogP contribution is -2.42. The summed E-state index contributed by atoms with van der Waals surface area (Å²) in [6, 6.07) is 12.7. The van der Waals surface area contributed by atoms with Crippen LogP contribution in [0.4, 0.5) is 8.78 Å². The molecule has 0 saturated heterocycles. The minimum atomic E-state index is -0.618. The molecule has 2 amide bonds. The first-order valence-electron chi connectivity index (χ1n) is 7.66. The van der Waals surface area contributed by atoms with E-state index in [-0.39, 0.29) is 12.1 Å². The fraction of sp³-hybridized carbons (Fsp3) is 0.0556. The summed E-state index contributed by atoms with van der Waals surface area (Å²) in [5, 5.41) is 4.04. The lowest BCUT2D eigenvalue weighted by Gasteiger charge is -2.06. The summed E-state index contributed by atoms with van der Waals surface area (Å²) in [4.78, 5) is 23.8. The fourth-order valence-electron chi connectivity index (χ4n) is 2.23. The van der Waals surface area contributed by atoms with E-state index in [0.29, 0.717) is 11.3 Å². The number of hydrogen-bond acceptors (Lipinski definition) is 3. The number of carbonyl (C=O) groups excluding carboxylic acids is 2. The van der Waals surface area contributed by atoms with Crippen LogP contribution in [0.5, 0.6) is 0 Å². The first-order valence-corrected chi connectivity index (χ1v) is 7.66. The Kier molecular flexibility index (Phi) is 5.02. The van der Waals surface area contributed by atoms with E-state index in [1.807, 2.05) is 0 Å². The molecule has 0 saturated carbocycles. The van der Waals surface area contributed by atoms with Gasteiger partial charge in [-0.05, 0) is 42.0 Å². The maximum absolute atomic E-state index is 13.2. The fourth-order valence-corrected chi connectivity index (χ4v) is 2.23. The Bertz CT molecular complexity index is 938. The van der Waals surface area contributed by atoms with Crippen LogP contribution in [-0.2, 0) is 11.2 Å². The molecule has 3 aromatic rings. The molecule has 2 aromatic carbocycles. The van der Waals surface area contributed by atoms with E-state index in [4.69, 9.17) is 0 Å². The highest BCUT2D eigenvalue weighted by molar-refractivity contribution is 5.93. The van der Waals surface area contributed by atoms with Crippen LogP contribution in [0.25, 0.3) is 5.69 Å². The van der Waals surface area contributed by atoms with Gasteiger partial charge in [-0.15, -0.1) is 0 Å². The van der Waals surface area contributed by atoms with Gasteiger partial charge in [-0.3, -0.25) is 20.4 Å². The third-order valence-electron chi connectivity index (χ3n) is 3.49. The molecule has 1 heterocycles. The summed E-state index contributed by atoms with van der Waals surface area (Å²) >= 11 is 0. The van der Waals surface area contributed by atoms with Gasteiger partial charge in [0.2, 0.25) is 5.91 Å². The zero-order valence-electron chi connectivity index (χ0n) is 13.4. The number of halogens is 2. The molecular weight excluding hydrogens is 342 g/mol. The first-order chi connectivity index (χ1) is 12.5. The van der Waals surface area contributed by atoms with Crippen molar-refractivity contribution in [3.05, 3.63) is 83.7 Å². The van der Waals surface area contributed by atoms with Crippen molar-refractivity contribution in [3.63, 3.8) is 0 Å². The van der Waals surface area contributed by atoms with E-state index < -0.39 is 23.4 Å². The second kappa shape index (κ2) is 7.56. The molecule has 0 aliphatic rings. The van der Waals surface area contributed by atoms with Gasteiger partial charge in [-0.1, -0.05) is 18.2 Å². The van der Waals surface area contributed by atoms with Crippen LogP contribution in [0.15, 0.2) is 60.8 Å². The van der Waals surface area contributed by atoms with Crippen LogP contribution >= 0.6 is 0 Å². The summed E-state index contributed by atoms with van der Waals surface area (Å²) in [7, 11) is 0. The Morgan fingerprint density at radius 3 is 2.46 bits per heavy atom. The zero-order valence-corrected chi connectivity index (χ0v) is 13.4. The number of amides is 2. The predicted molar refractivity (Wildman–Crippen MR) is 89.2 cm³/mol. The van der Waals surface area contributed by atoms with Crippen molar-refractivity contribution in [3.8, 4) is 5.69 Å². The van der Waals surface area contributed by atoms with Crippen molar-refractivity contribution in [1.82, 2.24) is 20.6 Å². The van der Waals surface area contributed by atoms with Gasteiger partial charge in [0.25, 0.3) is 5.91 Å². The van der Waals surface area contributed by atoms with Crippen LogP contribution in [0.3, 0.4) is 0 Å². The number of benzene rings is 2. The van der Waals surface area contributed by atoms with Crippen molar-refractivity contribution >= 4 is 11.8 Å². The average Bonchev–Trinajstić information content (AvgIpc) is 3.12. The molecule has 0 fully saturated rings. The second-order valence-electron chi connectivity index (χ2n) is 5.43. The number of carbonyl (C=O) groups is 2. The molecule has 26 heavy (non-hydrogen) atoms. The Morgan fingerprint density at radius 1 is 0.962 bits per heavy atom. The quantitative estimate of drug-likeness (QED) is 0.704. The van der Waals surface area contributed by atoms with Gasteiger partial charge in [0.15, 0.2) is 5.69 Å². The first kappa shape index (κ1) is 17.3. The second-order valence-corrected chi connectivity index (χ2v) is 5.43. The molecule has 0 aliphatic carbocycles. The number of nitrogens with one attached hydrogen (secondary N) is 2. The Morgan fingerprint density at radius 2 is 1.73 bits per heavy atom. The molecular formula is C18H14F2N4O2. The maximum Gasteiger partial charge on any atom is 0.290 e. The number of hydrazine groups is 1. The molecule has 2 N–H and O–H groups in total. The predicted octanol–water partition coefficient (Wildman–Crippen LogP) is 2.15. The highest BCUT2D eigenvalue weighted by Crippen LogP contribution is 2.09. The van der Waals surface area contributed by atoms with Crippen LogP contribution < -0.4 is 10.9 Å². The van der Waals surface area contributed by atoms with E-state index in [9.17, 15) is 18.4 Å². The maximum atomic E-state index is 13.2. The van der Waals surface area contributed by atoms with Crippen LogP contribution in [-0.4, -0.2) is 21.6 Å². The SMILES string of the molecule is O=C(Cc1ccc(F)cc1)NNC(=O)c1ccn(-c2cccc(F)c2)n1. The lowest BCUT2D eigenvalue weighted by atomic mass is 10.1. The summed E-state index contributed by atoms with van der Waals surface area (Å²) < 4.78 is 27.4. The molecule has 6 nitrogen and oxygen atoms in total. The van der Waals surface area contributed by atoms with Gasteiger partial charge in [0.1, 0.15) is 11.6 Å². The number of aromatic nitrogens is 2. The standard InChI is InChI=1S/C18H14F2N4O2/c19-13-6-4-12(5-7-13)10-17(25)21-22-18(26)16-8-9-24(23-16)15-3-1-2-14(20)11-15/h1-9,11H,10H2,(H,21,25)(H,22,26). The lowest BCUT2D eigenvalue weighted by molar-refractivity contribution is -0.121. The summed E-state index contributed by atoms with van der Waals surface area (Å²) in [5.74, 6) is -1.89. The van der Waals surface area contributed by atoms with Gasteiger partial charge in [0.05, 0.1) is 12.1 Å². The Balaban J connectivity index is 1.57. The van der Waals surface area contributed by atoms with Gasteiger partial charge in [0, 0.05) is 6.20 Å². The van der Waals surface area contributed by atoms with E-state index in [0.717, 1.165) is 0 Å².